The van der Waals surface area contributed by atoms with Crippen molar-refractivity contribution < 1.29 is 14.3 Å². The highest BCUT2D eigenvalue weighted by molar-refractivity contribution is 6.30. The highest BCUT2D eigenvalue weighted by Gasteiger charge is 2.54. The lowest BCUT2D eigenvalue weighted by Crippen LogP contribution is -2.35. The highest BCUT2D eigenvalue weighted by atomic mass is 35.5. The molecule has 1 N–H and O–H groups in total. The minimum Gasteiger partial charge on any atom is -0.481 e. The summed E-state index contributed by atoms with van der Waals surface area (Å²) in [5.74, 6) is 0.891. The van der Waals surface area contributed by atoms with E-state index in [1.165, 1.54) is 0 Å². The van der Waals surface area contributed by atoms with E-state index < -0.39 is 11.4 Å². The Balaban J connectivity index is 1.48. The summed E-state index contributed by atoms with van der Waals surface area (Å²) in [6.07, 6.45) is 4.50. The Bertz CT molecular complexity index is 775. The minimum atomic E-state index is -0.653. The number of carbonyl (C=O) groups is 1. The number of carboxylic acid groups (broad SMARTS) is 1. The molecule has 5 nitrogen and oxygen atoms in total. The minimum absolute atomic E-state index is 0.248. The second-order valence-corrected chi connectivity index (χ2v) is 7.29. The quantitative estimate of drug-likeness (QED) is 0.914. The maximum atomic E-state index is 11.7. The smallest absolute Gasteiger partial charge is 0.311 e. The molecule has 1 saturated heterocycles. The molecule has 2 heterocycles. The van der Waals surface area contributed by atoms with Gasteiger partial charge in [-0.1, -0.05) is 30.2 Å². The summed E-state index contributed by atoms with van der Waals surface area (Å²) in [6.45, 7) is 1.94. The van der Waals surface area contributed by atoms with Gasteiger partial charge in [0.25, 0.3) is 0 Å². The average molecular weight is 347 g/mol. The van der Waals surface area contributed by atoms with Crippen molar-refractivity contribution in [2.24, 2.45) is 11.3 Å². The zero-order chi connectivity index (χ0) is 16.7. The number of aromatic nitrogens is 1. The lowest BCUT2D eigenvalue weighted by atomic mass is 9.81. The van der Waals surface area contributed by atoms with Crippen LogP contribution in [0.4, 0.5) is 0 Å². The fourth-order valence-corrected chi connectivity index (χ4v) is 4.40. The Morgan fingerprint density at radius 3 is 3.12 bits per heavy atom. The van der Waals surface area contributed by atoms with Gasteiger partial charge in [-0.05, 0) is 30.9 Å². The van der Waals surface area contributed by atoms with Crippen LogP contribution in [0.15, 0.2) is 34.9 Å². The Kier molecular flexibility index (Phi) is 3.85. The first-order chi connectivity index (χ1) is 11.6. The number of nitrogens with zero attached hydrogens (tertiary/aromatic N) is 2. The van der Waals surface area contributed by atoms with Crippen LogP contribution in [0.2, 0.25) is 5.02 Å². The molecule has 1 saturated carbocycles. The van der Waals surface area contributed by atoms with Gasteiger partial charge in [-0.15, -0.1) is 0 Å². The molecule has 2 atom stereocenters. The summed E-state index contributed by atoms with van der Waals surface area (Å²) >= 11 is 6.01. The van der Waals surface area contributed by atoms with Crippen molar-refractivity contribution in [3.8, 4) is 11.3 Å². The topological polar surface area (TPSA) is 66.6 Å². The van der Waals surface area contributed by atoms with Gasteiger partial charge in [0.1, 0.15) is 0 Å². The molecule has 1 aliphatic heterocycles. The molecule has 126 valence electrons. The van der Waals surface area contributed by atoms with Crippen LogP contribution >= 0.6 is 11.6 Å². The van der Waals surface area contributed by atoms with E-state index in [0.717, 1.165) is 31.4 Å². The third-order valence-corrected chi connectivity index (χ3v) is 5.62. The number of aliphatic carboxylic acids is 1. The zero-order valence-corrected chi connectivity index (χ0v) is 14.0. The van der Waals surface area contributed by atoms with Crippen molar-refractivity contribution in [3.63, 3.8) is 0 Å². The molecule has 2 aliphatic rings. The number of benzene rings is 1. The van der Waals surface area contributed by atoms with E-state index in [0.29, 0.717) is 29.8 Å². The van der Waals surface area contributed by atoms with E-state index in [9.17, 15) is 9.90 Å². The SMILES string of the molecule is O=C(O)[C@@]12CCC[C@H]1CN(Cc1ncc(-c3cccc(Cl)c3)o1)C2. The van der Waals surface area contributed by atoms with Crippen LogP contribution in [0.5, 0.6) is 0 Å². The van der Waals surface area contributed by atoms with E-state index >= 15 is 0 Å². The van der Waals surface area contributed by atoms with Gasteiger partial charge >= 0.3 is 5.97 Å². The maximum absolute atomic E-state index is 11.7. The Morgan fingerprint density at radius 2 is 2.38 bits per heavy atom. The van der Waals surface area contributed by atoms with E-state index in [2.05, 4.69) is 9.88 Å². The van der Waals surface area contributed by atoms with Gasteiger partial charge in [0.05, 0.1) is 18.2 Å². The predicted octanol–water partition coefficient (Wildman–Crippen LogP) is 3.68. The number of oxazole rings is 1. The Hall–Kier alpha value is -1.85. The van der Waals surface area contributed by atoms with Crippen molar-refractivity contribution in [1.29, 1.82) is 0 Å². The Morgan fingerprint density at radius 1 is 1.50 bits per heavy atom. The first-order valence-electron chi connectivity index (χ1n) is 8.23. The van der Waals surface area contributed by atoms with Crippen LogP contribution in [0.25, 0.3) is 11.3 Å². The van der Waals surface area contributed by atoms with E-state index in [1.54, 1.807) is 6.20 Å². The number of rotatable bonds is 4. The number of fused-ring (bicyclic) bond motifs is 1. The largest absolute Gasteiger partial charge is 0.481 e. The van der Waals surface area contributed by atoms with Gasteiger partial charge in [0.15, 0.2) is 5.76 Å². The fourth-order valence-electron chi connectivity index (χ4n) is 4.21. The molecule has 0 amide bonds. The molecular formula is C18H19ClN2O3. The molecular weight excluding hydrogens is 328 g/mol. The molecule has 0 bridgehead atoms. The molecule has 24 heavy (non-hydrogen) atoms. The summed E-state index contributed by atoms with van der Waals surface area (Å²) < 4.78 is 5.84. The van der Waals surface area contributed by atoms with E-state index in [4.69, 9.17) is 16.0 Å². The molecule has 0 unspecified atom stereocenters. The van der Waals surface area contributed by atoms with Crippen molar-refractivity contribution in [2.45, 2.75) is 25.8 Å². The summed E-state index contributed by atoms with van der Waals surface area (Å²) in [5, 5.41) is 10.3. The third kappa shape index (κ3) is 2.62. The van der Waals surface area contributed by atoms with Gasteiger partial charge < -0.3 is 9.52 Å². The van der Waals surface area contributed by atoms with Gasteiger partial charge in [-0.25, -0.2) is 4.98 Å². The summed E-state index contributed by atoms with van der Waals surface area (Å²) in [5.41, 5.74) is 0.323. The van der Waals surface area contributed by atoms with Crippen molar-refractivity contribution in [1.82, 2.24) is 9.88 Å². The van der Waals surface area contributed by atoms with Gasteiger partial charge in [0, 0.05) is 23.7 Å². The van der Waals surface area contributed by atoms with Gasteiger partial charge in [-0.2, -0.15) is 0 Å². The molecule has 2 aromatic rings. The molecule has 2 fully saturated rings. The molecule has 1 aliphatic carbocycles. The number of carboxylic acids is 1. The molecule has 1 aromatic heterocycles. The van der Waals surface area contributed by atoms with E-state index in [-0.39, 0.29) is 5.92 Å². The second-order valence-electron chi connectivity index (χ2n) is 6.85. The Labute approximate surface area is 145 Å². The average Bonchev–Trinajstić information content (AvgIpc) is 3.21. The molecule has 0 radical (unpaired) electrons. The van der Waals surface area contributed by atoms with Crippen molar-refractivity contribution in [2.75, 3.05) is 13.1 Å². The van der Waals surface area contributed by atoms with Crippen molar-refractivity contribution >= 4 is 17.6 Å². The van der Waals surface area contributed by atoms with Gasteiger partial charge in [0.2, 0.25) is 5.89 Å². The summed E-state index contributed by atoms with van der Waals surface area (Å²) in [6, 6.07) is 7.45. The first kappa shape index (κ1) is 15.7. The van der Waals surface area contributed by atoms with Crippen LogP contribution < -0.4 is 0 Å². The second kappa shape index (κ2) is 5.90. The molecule has 0 spiro atoms. The molecule has 1 aromatic carbocycles. The van der Waals surface area contributed by atoms with Crippen LogP contribution in [-0.4, -0.2) is 34.0 Å². The van der Waals surface area contributed by atoms with Crippen LogP contribution in [0.3, 0.4) is 0 Å². The first-order valence-corrected chi connectivity index (χ1v) is 8.61. The third-order valence-electron chi connectivity index (χ3n) is 5.39. The number of halogens is 1. The van der Waals surface area contributed by atoms with Crippen molar-refractivity contribution in [3.05, 3.63) is 41.4 Å². The standard InChI is InChI=1S/C18H19ClN2O3/c19-14-5-1-3-12(7-14)15-8-20-16(24-15)10-21-9-13-4-2-6-18(13,11-21)17(22)23/h1,3,5,7-8,13H,2,4,6,9-11H2,(H,22,23)/t13-,18+/m0/s1. The van der Waals surface area contributed by atoms with Gasteiger partial charge in [-0.3, -0.25) is 9.69 Å². The van der Waals surface area contributed by atoms with Crippen LogP contribution in [-0.2, 0) is 11.3 Å². The maximum Gasteiger partial charge on any atom is 0.311 e. The molecule has 4 rings (SSSR count). The lowest BCUT2D eigenvalue weighted by Gasteiger charge is -2.23. The predicted molar refractivity (Wildman–Crippen MR) is 89.6 cm³/mol. The monoisotopic (exact) mass is 346 g/mol. The number of likely N-dealkylation sites (tertiary alicyclic amines) is 1. The number of hydrogen-bond donors (Lipinski definition) is 1. The highest BCUT2D eigenvalue weighted by Crippen LogP contribution is 2.49. The fraction of sp³-hybridized carbons (Fsp3) is 0.444. The normalized spacial score (nSPS) is 26.6. The number of hydrogen-bond acceptors (Lipinski definition) is 4. The lowest BCUT2D eigenvalue weighted by molar-refractivity contribution is -0.149. The summed E-state index contributed by atoms with van der Waals surface area (Å²) in [4.78, 5) is 18.3. The van der Waals surface area contributed by atoms with Crippen LogP contribution in [0.1, 0.15) is 25.2 Å². The zero-order valence-electron chi connectivity index (χ0n) is 13.2. The van der Waals surface area contributed by atoms with E-state index in [1.807, 2.05) is 24.3 Å². The van der Waals surface area contributed by atoms with Crippen LogP contribution in [0, 0.1) is 11.3 Å². The summed E-state index contributed by atoms with van der Waals surface area (Å²) in [7, 11) is 0. The molecule has 6 heteroatoms.